The Bertz CT molecular complexity index is 175. The van der Waals surface area contributed by atoms with Gasteiger partial charge in [-0.05, 0) is 0 Å². The van der Waals surface area contributed by atoms with Crippen LogP contribution in [0.2, 0.25) is 0 Å². The Hall–Kier alpha value is -0.398. The van der Waals surface area contributed by atoms with Gasteiger partial charge in [-0.15, -0.1) is 0 Å². The number of rotatable bonds is 3. The van der Waals surface area contributed by atoms with E-state index in [0.717, 1.165) is 12.2 Å². The summed E-state index contributed by atoms with van der Waals surface area (Å²) in [5.74, 6) is -1.02. The third-order valence-corrected chi connectivity index (χ3v) is 1.66. The van der Waals surface area contributed by atoms with Crippen molar-refractivity contribution in [1.82, 2.24) is 0 Å². The summed E-state index contributed by atoms with van der Waals surface area (Å²) >= 11 is 0.152. The van der Waals surface area contributed by atoms with Gasteiger partial charge in [0.25, 0.3) is 0 Å². The van der Waals surface area contributed by atoms with Crippen LogP contribution < -0.4 is 0 Å². The van der Waals surface area contributed by atoms with Crippen molar-refractivity contribution < 1.29 is 17.0 Å². The van der Waals surface area contributed by atoms with Gasteiger partial charge in [0.15, 0.2) is 0 Å². The Morgan fingerprint density at radius 2 is 1.91 bits per heavy atom. The molecule has 0 unspecified atom stereocenters. The van der Waals surface area contributed by atoms with E-state index in [2.05, 4.69) is 7.42 Å². The van der Waals surface area contributed by atoms with Gasteiger partial charge in [0.1, 0.15) is 0 Å². The molecule has 0 radical (unpaired) electrons. The molecule has 0 N–H and O–H groups in total. The van der Waals surface area contributed by atoms with E-state index in [1.54, 1.807) is 6.92 Å². The van der Waals surface area contributed by atoms with Crippen LogP contribution >= 0.6 is 0 Å². The molecule has 4 nitrogen and oxygen atoms in total. The molecule has 0 fully saturated rings. The average Bonchev–Trinajstić information content (AvgIpc) is 2.01. The van der Waals surface area contributed by atoms with Gasteiger partial charge in [0.05, 0.1) is 0 Å². The minimum atomic E-state index is -0.525. The molecule has 5 heteroatoms. The number of carbonyl (C=O) groups is 2. The molecular weight excluding hydrogens is 340 g/mol. The van der Waals surface area contributed by atoms with E-state index < -0.39 is 11.9 Å². The topological polar surface area (TPSA) is 52.6 Å². The van der Waals surface area contributed by atoms with Gasteiger partial charge in [0.2, 0.25) is 0 Å². The van der Waals surface area contributed by atoms with Crippen LogP contribution in [0.5, 0.6) is 0 Å². The Morgan fingerprint density at radius 1 is 1.36 bits per heavy atom. The molecule has 0 spiro atoms. The Kier molecular flexibility index (Phi) is 6.09. The number of carbonyl (C=O) groups excluding carboxylic acids is 2. The predicted octanol–water partition coefficient (Wildman–Crippen LogP) is -0.268. The number of ether oxygens (including phenoxy) is 1. The maximum atomic E-state index is 10.6. The molecule has 0 heterocycles. The summed E-state index contributed by atoms with van der Waals surface area (Å²) in [6, 6.07) is 0. The first-order valence-electron chi connectivity index (χ1n) is 2.96. The third-order valence-electron chi connectivity index (χ3n) is 0.758. The van der Waals surface area contributed by atoms with Crippen LogP contribution in [0.15, 0.2) is 12.2 Å². The Labute approximate surface area is 80.9 Å². The van der Waals surface area contributed by atoms with E-state index in [9.17, 15) is 9.59 Å². The fraction of sp³-hybridized carbons (Fsp3) is 0.333. The van der Waals surface area contributed by atoms with Crippen LogP contribution in [0.4, 0.5) is 0 Å². The number of hydrogen-bond acceptors (Lipinski definition) is 4. The van der Waals surface area contributed by atoms with E-state index in [1.165, 1.54) is 0 Å². The zero-order valence-corrected chi connectivity index (χ0v) is 10.6. The van der Waals surface area contributed by atoms with Crippen molar-refractivity contribution in [3.8, 4) is 0 Å². The SMILES string of the molecule is CCOC(=O)C=CC(=O)[O][Tl]. The van der Waals surface area contributed by atoms with Gasteiger partial charge in [-0.25, -0.2) is 0 Å². The molecule has 0 saturated carbocycles. The van der Waals surface area contributed by atoms with Crippen molar-refractivity contribution in [2.24, 2.45) is 0 Å². The van der Waals surface area contributed by atoms with Crippen LogP contribution in [0.3, 0.4) is 0 Å². The molecule has 0 aliphatic heterocycles. The molecular formula is C6H7O4Tl. The molecule has 0 aliphatic rings. The quantitative estimate of drug-likeness (QED) is 0.401. The zero-order valence-electron chi connectivity index (χ0n) is 6.07. The summed E-state index contributed by atoms with van der Waals surface area (Å²) in [5, 5.41) is 0. The summed E-state index contributed by atoms with van der Waals surface area (Å²) in [5.41, 5.74) is 0. The molecule has 0 atom stereocenters. The van der Waals surface area contributed by atoms with Crippen molar-refractivity contribution in [1.29, 1.82) is 0 Å². The zero-order chi connectivity index (χ0) is 8.69. The molecule has 11 heavy (non-hydrogen) atoms. The van der Waals surface area contributed by atoms with E-state index in [0.29, 0.717) is 6.61 Å². The summed E-state index contributed by atoms with van der Waals surface area (Å²) in [6.07, 6.45) is 2.10. The van der Waals surface area contributed by atoms with Gasteiger partial charge in [-0.1, -0.05) is 0 Å². The van der Waals surface area contributed by atoms with Gasteiger partial charge in [0, 0.05) is 0 Å². The van der Waals surface area contributed by atoms with Crippen LogP contribution in [0, 0.1) is 0 Å². The van der Waals surface area contributed by atoms with Crippen molar-refractivity contribution in [2.45, 2.75) is 6.92 Å². The minimum absolute atomic E-state index is 0.152. The molecule has 0 aromatic carbocycles. The van der Waals surface area contributed by atoms with Gasteiger partial charge < -0.3 is 0 Å². The van der Waals surface area contributed by atoms with E-state index >= 15 is 0 Å². The van der Waals surface area contributed by atoms with E-state index in [1.807, 2.05) is 0 Å². The molecule has 0 bridgehead atoms. The van der Waals surface area contributed by atoms with E-state index in [-0.39, 0.29) is 26.2 Å². The maximum absolute atomic E-state index is 10.6. The van der Waals surface area contributed by atoms with Crippen molar-refractivity contribution in [3.05, 3.63) is 12.2 Å². The van der Waals surface area contributed by atoms with Gasteiger partial charge in [-0.2, -0.15) is 0 Å². The van der Waals surface area contributed by atoms with Crippen molar-refractivity contribution in [3.63, 3.8) is 0 Å². The second-order valence-corrected chi connectivity index (χ2v) is 2.44. The molecule has 0 aromatic heterocycles. The first-order chi connectivity index (χ1) is 5.20. The van der Waals surface area contributed by atoms with E-state index in [4.69, 9.17) is 0 Å². The summed E-state index contributed by atoms with van der Waals surface area (Å²) in [4.78, 5) is 21.0. The summed E-state index contributed by atoms with van der Waals surface area (Å²) in [6.45, 7) is 2.00. The number of esters is 1. The first kappa shape index (κ1) is 10.6. The van der Waals surface area contributed by atoms with Gasteiger partial charge >= 0.3 is 80.9 Å². The molecule has 58 valence electrons. The third kappa shape index (κ3) is 6.02. The van der Waals surface area contributed by atoms with Crippen LogP contribution in [-0.4, -0.2) is 44.8 Å². The molecule has 0 aliphatic carbocycles. The average molecular weight is 348 g/mol. The Balaban J connectivity index is 3.73. The van der Waals surface area contributed by atoms with Crippen molar-refractivity contribution in [2.75, 3.05) is 6.61 Å². The Morgan fingerprint density at radius 3 is 2.36 bits per heavy atom. The molecule has 0 amide bonds. The van der Waals surface area contributed by atoms with Gasteiger partial charge in [-0.3, -0.25) is 0 Å². The molecule has 0 rings (SSSR count). The summed E-state index contributed by atoms with van der Waals surface area (Å²) < 4.78 is 8.93. The fourth-order valence-corrected chi connectivity index (χ4v) is 0.671. The second-order valence-electron chi connectivity index (χ2n) is 1.52. The van der Waals surface area contributed by atoms with Crippen LogP contribution in [0.25, 0.3) is 0 Å². The van der Waals surface area contributed by atoms with Crippen LogP contribution in [0.1, 0.15) is 6.92 Å². The number of hydrogen-bond donors (Lipinski definition) is 0. The van der Waals surface area contributed by atoms with Crippen molar-refractivity contribution >= 4 is 38.2 Å². The first-order valence-corrected chi connectivity index (χ1v) is 4.79. The monoisotopic (exact) mass is 348 g/mol. The van der Waals surface area contributed by atoms with Crippen LogP contribution in [-0.2, 0) is 17.0 Å². The normalized spacial score (nSPS) is 9.45. The second kappa shape index (κ2) is 6.32. The fourth-order valence-electron chi connectivity index (χ4n) is 0.366. The predicted molar refractivity (Wildman–Crippen MR) is 37.6 cm³/mol. The molecule has 0 saturated heterocycles. The molecule has 0 aromatic rings. The summed E-state index contributed by atoms with van der Waals surface area (Å²) in [7, 11) is 0. The standard InChI is InChI=1S/C6H8O4.Tl/c1-2-10-6(9)4-3-5(7)8;/h3-4H,2H2,1H3,(H,7,8);/q;+1/p-1.